The van der Waals surface area contributed by atoms with Gasteiger partial charge in [-0.15, -0.1) is 11.6 Å². The summed E-state index contributed by atoms with van der Waals surface area (Å²) >= 11 is 5.56. The van der Waals surface area contributed by atoms with E-state index in [1.54, 1.807) is 26.2 Å². The molecule has 0 atom stereocenters. The highest BCUT2D eigenvalue weighted by molar-refractivity contribution is 7.91. The van der Waals surface area contributed by atoms with Crippen molar-refractivity contribution in [1.82, 2.24) is 18.6 Å². The molecule has 0 spiro atoms. The summed E-state index contributed by atoms with van der Waals surface area (Å²) in [5.74, 6) is -0.774. The Morgan fingerprint density at radius 2 is 1.32 bits per heavy atom. The van der Waals surface area contributed by atoms with Crippen molar-refractivity contribution < 1.29 is 27.6 Å². The highest BCUT2D eigenvalue weighted by Gasteiger charge is 2.21. The van der Waals surface area contributed by atoms with Crippen LogP contribution in [0.4, 0.5) is 31.4 Å². The molecule has 0 radical (unpaired) electrons. The van der Waals surface area contributed by atoms with Crippen molar-refractivity contribution in [3.63, 3.8) is 0 Å². The number of halogens is 1. The summed E-state index contributed by atoms with van der Waals surface area (Å²) in [5, 5.41) is 10.0. The summed E-state index contributed by atoms with van der Waals surface area (Å²) in [6.45, 7) is 0.272. The van der Waals surface area contributed by atoms with Crippen molar-refractivity contribution in [3.8, 4) is 0 Å². The lowest BCUT2D eigenvalue weighted by molar-refractivity contribution is 0.102. The van der Waals surface area contributed by atoms with Gasteiger partial charge in [-0.25, -0.2) is 22.8 Å². The number of amidine groups is 1. The van der Waals surface area contributed by atoms with Gasteiger partial charge in [-0.05, 0) is 42.5 Å². The fourth-order valence-corrected chi connectivity index (χ4v) is 5.98. The zero-order chi connectivity index (χ0) is 34.5. The SMILES string of the molecule is CN(CCC(=N)N)C(=O)n1ccc(N(C)C(=O)n2ccc(N(C)C(=O)n3ccc(NC(=O)c4ccc(S(=O)(=O)CCCl)cc4)c3)c2)c1. The Bertz CT molecular complexity index is 1910. The highest BCUT2D eigenvalue weighted by atomic mass is 35.5. The number of hydrogen-bond donors (Lipinski definition) is 3. The predicted molar refractivity (Wildman–Crippen MR) is 179 cm³/mol. The van der Waals surface area contributed by atoms with Gasteiger partial charge in [-0.2, -0.15) is 0 Å². The van der Waals surface area contributed by atoms with Crippen LogP contribution >= 0.6 is 11.6 Å². The number of rotatable bonds is 10. The van der Waals surface area contributed by atoms with Gasteiger partial charge in [0.2, 0.25) is 0 Å². The predicted octanol–water partition coefficient (Wildman–Crippen LogP) is 3.79. The van der Waals surface area contributed by atoms with Gasteiger partial charge in [0.1, 0.15) is 0 Å². The zero-order valence-electron chi connectivity index (χ0n) is 25.8. The van der Waals surface area contributed by atoms with Crippen molar-refractivity contribution >= 4 is 68.3 Å². The molecule has 1 aromatic carbocycles. The highest BCUT2D eigenvalue weighted by Crippen LogP contribution is 2.20. The molecule has 0 aliphatic rings. The molecule has 0 bridgehead atoms. The molecule has 3 heterocycles. The van der Waals surface area contributed by atoms with Crippen LogP contribution in [0.15, 0.2) is 84.5 Å². The number of carbonyl (C=O) groups is 4. The molecule has 4 amide bonds. The fraction of sp³-hybridized carbons (Fsp3) is 0.233. The lowest BCUT2D eigenvalue weighted by Gasteiger charge is -2.18. The number of carbonyl (C=O) groups excluding carboxylic acids is 4. The van der Waals surface area contributed by atoms with Crippen LogP contribution in [0.25, 0.3) is 0 Å². The summed E-state index contributed by atoms with van der Waals surface area (Å²) in [7, 11) is 1.14. The lowest BCUT2D eigenvalue weighted by atomic mass is 10.2. The van der Waals surface area contributed by atoms with E-state index in [1.807, 2.05) is 0 Å². The Morgan fingerprint density at radius 1 is 0.809 bits per heavy atom. The molecular weight excluding hydrogens is 650 g/mol. The number of sulfone groups is 1. The second-order valence-electron chi connectivity index (χ2n) is 10.5. The first-order valence-corrected chi connectivity index (χ1v) is 16.3. The molecule has 15 nitrogen and oxygen atoms in total. The summed E-state index contributed by atoms with van der Waals surface area (Å²) in [5.41, 5.74) is 6.80. The zero-order valence-corrected chi connectivity index (χ0v) is 27.4. The molecule has 0 unspecified atom stereocenters. The molecule has 47 heavy (non-hydrogen) atoms. The number of benzene rings is 1. The number of nitrogens with zero attached hydrogens (tertiary/aromatic N) is 6. The molecule has 4 N–H and O–H groups in total. The molecule has 4 rings (SSSR count). The van der Waals surface area contributed by atoms with Crippen molar-refractivity contribution in [2.24, 2.45) is 5.73 Å². The van der Waals surface area contributed by atoms with E-state index in [1.165, 1.54) is 103 Å². The normalized spacial score (nSPS) is 11.1. The van der Waals surface area contributed by atoms with Gasteiger partial charge in [0.25, 0.3) is 5.91 Å². The minimum Gasteiger partial charge on any atom is -0.388 e. The van der Waals surface area contributed by atoms with Gasteiger partial charge in [0, 0.05) is 82.7 Å². The molecule has 248 valence electrons. The van der Waals surface area contributed by atoms with Crippen LogP contribution in [-0.4, -0.2) is 96.2 Å². The average Bonchev–Trinajstić information content (AvgIpc) is 3.83. The number of amides is 4. The quantitative estimate of drug-likeness (QED) is 0.129. The molecule has 0 fully saturated rings. The molecule has 0 saturated carbocycles. The number of hydrogen-bond acceptors (Lipinski definition) is 7. The lowest BCUT2D eigenvalue weighted by Crippen LogP contribution is -2.33. The van der Waals surface area contributed by atoms with Gasteiger partial charge in [-0.1, -0.05) is 0 Å². The van der Waals surface area contributed by atoms with E-state index in [-0.39, 0.29) is 46.9 Å². The number of alkyl halides is 1. The molecule has 0 aliphatic heterocycles. The third-order valence-electron chi connectivity index (χ3n) is 7.18. The van der Waals surface area contributed by atoms with Crippen molar-refractivity contribution in [1.29, 1.82) is 5.41 Å². The van der Waals surface area contributed by atoms with E-state index in [4.69, 9.17) is 22.7 Å². The summed E-state index contributed by atoms with van der Waals surface area (Å²) in [6.07, 6.45) is 9.16. The number of nitrogens with two attached hydrogens (primary N) is 1. The third-order valence-corrected chi connectivity index (χ3v) is 9.33. The maximum atomic E-state index is 13.2. The first-order valence-electron chi connectivity index (χ1n) is 14.1. The second kappa shape index (κ2) is 14.4. The Balaban J connectivity index is 1.37. The van der Waals surface area contributed by atoms with Gasteiger partial charge in [0.05, 0.1) is 33.5 Å². The molecule has 17 heteroatoms. The Morgan fingerprint density at radius 3 is 1.85 bits per heavy atom. The topological polar surface area (TPSA) is 189 Å². The summed E-state index contributed by atoms with van der Waals surface area (Å²) in [4.78, 5) is 55.9. The number of aromatic nitrogens is 3. The smallest absolute Gasteiger partial charge is 0.332 e. The molecule has 4 aromatic rings. The van der Waals surface area contributed by atoms with E-state index in [2.05, 4.69) is 5.32 Å². The second-order valence-corrected chi connectivity index (χ2v) is 13.0. The Kier molecular flexibility index (Phi) is 10.6. The fourth-order valence-electron chi connectivity index (χ4n) is 4.38. The van der Waals surface area contributed by atoms with E-state index in [0.717, 1.165) is 0 Å². The standard InChI is InChI=1S/C30H34ClN9O6S/c1-35(13-11-26(32)33)28(42)39-15-9-23(19-39)37(3)30(44)40-16-10-24(20-40)36(2)29(43)38-14-8-22(18-38)34-27(41)21-4-6-25(7-5-21)47(45,46)17-12-31/h4-10,14-16,18-20H,11-13,17H2,1-3H3,(H3,32,33)(H,34,41). The van der Waals surface area contributed by atoms with Crippen LogP contribution < -0.4 is 20.9 Å². The van der Waals surface area contributed by atoms with Crippen molar-refractivity contribution in [3.05, 3.63) is 85.2 Å². The maximum Gasteiger partial charge on any atom is 0.332 e. The van der Waals surface area contributed by atoms with Crippen molar-refractivity contribution in [2.75, 3.05) is 54.4 Å². The van der Waals surface area contributed by atoms with Crippen LogP contribution in [0.2, 0.25) is 0 Å². The number of nitrogens with one attached hydrogen (secondary N) is 2. The minimum atomic E-state index is -3.53. The Labute approximate surface area is 276 Å². The van der Waals surface area contributed by atoms with Crippen LogP contribution in [0.3, 0.4) is 0 Å². The van der Waals surface area contributed by atoms with E-state index < -0.39 is 27.8 Å². The minimum absolute atomic E-state index is 0.0240. The van der Waals surface area contributed by atoms with Crippen LogP contribution in [0.5, 0.6) is 0 Å². The monoisotopic (exact) mass is 683 g/mol. The van der Waals surface area contributed by atoms with Gasteiger partial charge in [-0.3, -0.25) is 33.7 Å². The Hall–Kier alpha value is -5.35. The van der Waals surface area contributed by atoms with Gasteiger partial charge in [0.15, 0.2) is 9.84 Å². The molecule has 0 aliphatic carbocycles. The molecular formula is C30H34ClN9O6S. The summed E-state index contributed by atoms with van der Waals surface area (Å²) < 4.78 is 28.2. The van der Waals surface area contributed by atoms with Gasteiger partial charge < -0.3 is 16.0 Å². The molecule has 0 saturated heterocycles. The first kappa shape index (κ1) is 34.5. The first-order chi connectivity index (χ1) is 22.2. The van der Waals surface area contributed by atoms with Crippen LogP contribution in [-0.2, 0) is 9.84 Å². The van der Waals surface area contributed by atoms with E-state index in [0.29, 0.717) is 17.1 Å². The van der Waals surface area contributed by atoms with E-state index >= 15 is 0 Å². The number of anilines is 3. The largest absolute Gasteiger partial charge is 0.388 e. The maximum absolute atomic E-state index is 13.2. The summed E-state index contributed by atoms with van der Waals surface area (Å²) in [6, 6.07) is 8.93. The van der Waals surface area contributed by atoms with E-state index in [9.17, 15) is 27.6 Å². The van der Waals surface area contributed by atoms with Crippen LogP contribution in [0.1, 0.15) is 16.8 Å². The van der Waals surface area contributed by atoms with Gasteiger partial charge >= 0.3 is 18.1 Å². The third kappa shape index (κ3) is 8.09. The average molecular weight is 684 g/mol. The van der Waals surface area contributed by atoms with Crippen LogP contribution in [0, 0.1) is 5.41 Å². The molecule has 3 aromatic heterocycles. The van der Waals surface area contributed by atoms with Crippen molar-refractivity contribution in [2.45, 2.75) is 11.3 Å².